The lowest BCUT2D eigenvalue weighted by Crippen LogP contribution is -2.51. The van der Waals surface area contributed by atoms with E-state index >= 15 is 0 Å². The Labute approximate surface area is 226 Å². The minimum Gasteiger partial charge on any atom is -0.494 e. The first-order valence-electron chi connectivity index (χ1n) is 12.0. The zero-order valence-corrected chi connectivity index (χ0v) is 21.8. The molecule has 0 fully saturated rings. The van der Waals surface area contributed by atoms with E-state index < -0.39 is 30.3 Å². The van der Waals surface area contributed by atoms with Crippen LogP contribution in [0.2, 0.25) is 0 Å². The molecule has 3 aromatic carbocycles. The SMILES string of the molecule is O=C(NCC(F)(F)F)[C@]1(Cc2ccccc2Br)N=C(c2ccc(OCCCO)cc2)O[C@@H]1c1ccccc1. The highest BCUT2D eigenvalue weighted by Gasteiger charge is 2.54. The Morgan fingerprint density at radius 3 is 2.39 bits per heavy atom. The second kappa shape index (κ2) is 12.0. The monoisotopic (exact) mass is 590 g/mol. The normalized spacial score (nSPS) is 19.0. The third-order valence-electron chi connectivity index (χ3n) is 6.00. The number of carbonyl (C=O) groups is 1. The first-order valence-corrected chi connectivity index (χ1v) is 12.8. The predicted octanol–water partition coefficient (Wildman–Crippen LogP) is 5.39. The van der Waals surface area contributed by atoms with E-state index in [1.807, 2.05) is 11.4 Å². The quantitative estimate of drug-likeness (QED) is 0.310. The van der Waals surface area contributed by atoms with Crippen molar-refractivity contribution in [2.24, 2.45) is 4.99 Å². The molecule has 0 unspecified atom stereocenters. The molecule has 0 radical (unpaired) electrons. The maximum atomic E-state index is 13.6. The maximum absolute atomic E-state index is 13.6. The van der Waals surface area contributed by atoms with E-state index in [1.54, 1.807) is 72.8 Å². The van der Waals surface area contributed by atoms with Crippen LogP contribution >= 0.6 is 15.9 Å². The Bertz CT molecular complexity index is 1270. The van der Waals surface area contributed by atoms with Gasteiger partial charge in [0.05, 0.1) is 6.61 Å². The van der Waals surface area contributed by atoms with Gasteiger partial charge in [0.15, 0.2) is 11.6 Å². The molecule has 0 bridgehead atoms. The fourth-order valence-electron chi connectivity index (χ4n) is 4.18. The summed E-state index contributed by atoms with van der Waals surface area (Å²) in [7, 11) is 0. The summed E-state index contributed by atoms with van der Waals surface area (Å²) in [6.07, 6.45) is -5.10. The van der Waals surface area contributed by atoms with Gasteiger partial charge < -0.3 is 19.9 Å². The molecule has 6 nitrogen and oxygen atoms in total. The van der Waals surface area contributed by atoms with Crippen molar-refractivity contribution in [1.29, 1.82) is 0 Å². The van der Waals surface area contributed by atoms with Crippen LogP contribution in [0.1, 0.15) is 29.2 Å². The summed E-state index contributed by atoms with van der Waals surface area (Å²) < 4.78 is 51.9. The Kier molecular flexibility index (Phi) is 8.73. The van der Waals surface area contributed by atoms with E-state index in [4.69, 9.17) is 19.6 Å². The van der Waals surface area contributed by atoms with Gasteiger partial charge in [0.25, 0.3) is 5.91 Å². The second-order valence-corrected chi connectivity index (χ2v) is 9.62. The standard InChI is InChI=1S/C28H26BrF3N2O4/c29-23-10-5-4-9-21(23)17-27(26(36)33-18-28(30,31)32)24(19-7-2-1-3-8-19)38-25(34-27)20-11-13-22(14-12-20)37-16-6-15-35/h1-5,7-14,24,35H,6,15-18H2,(H,33,36)/t24-,27-/m1/s1. The Balaban J connectivity index is 1.77. The smallest absolute Gasteiger partial charge is 0.405 e. The highest BCUT2D eigenvalue weighted by molar-refractivity contribution is 9.10. The summed E-state index contributed by atoms with van der Waals surface area (Å²) >= 11 is 3.49. The molecule has 0 spiro atoms. The van der Waals surface area contributed by atoms with Gasteiger partial charge in [0.2, 0.25) is 5.90 Å². The van der Waals surface area contributed by atoms with Crippen molar-refractivity contribution < 1.29 is 32.5 Å². The van der Waals surface area contributed by atoms with Crippen LogP contribution < -0.4 is 10.1 Å². The third kappa shape index (κ3) is 6.54. The van der Waals surface area contributed by atoms with Crippen LogP contribution in [0.5, 0.6) is 5.75 Å². The van der Waals surface area contributed by atoms with E-state index in [2.05, 4.69) is 15.9 Å². The van der Waals surface area contributed by atoms with Crippen molar-refractivity contribution in [3.8, 4) is 5.75 Å². The lowest BCUT2D eigenvalue weighted by Gasteiger charge is -2.31. The average molecular weight is 591 g/mol. The molecule has 3 aromatic rings. The molecule has 2 atom stereocenters. The molecule has 10 heteroatoms. The number of amides is 1. The predicted molar refractivity (Wildman–Crippen MR) is 140 cm³/mol. The van der Waals surface area contributed by atoms with E-state index in [1.165, 1.54) is 0 Å². The minimum atomic E-state index is -4.59. The molecule has 0 saturated carbocycles. The van der Waals surface area contributed by atoms with E-state index in [-0.39, 0.29) is 18.9 Å². The van der Waals surface area contributed by atoms with E-state index in [0.717, 1.165) is 0 Å². The van der Waals surface area contributed by atoms with Crippen molar-refractivity contribution in [1.82, 2.24) is 5.32 Å². The maximum Gasteiger partial charge on any atom is 0.405 e. The number of benzene rings is 3. The van der Waals surface area contributed by atoms with E-state index in [9.17, 15) is 18.0 Å². The van der Waals surface area contributed by atoms with Gasteiger partial charge in [0.1, 0.15) is 12.3 Å². The van der Waals surface area contributed by atoms with Gasteiger partial charge in [-0.05, 0) is 41.5 Å². The zero-order chi connectivity index (χ0) is 27.2. The van der Waals surface area contributed by atoms with Crippen molar-refractivity contribution in [2.45, 2.75) is 30.7 Å². The number of ether oxygens (including phenoxy) is 2. The summed E-state index contributed by atoms with van der Waals surface area (Å²) in [5.74, 6) is -0.184. The number of aliphatic imine (C=N–C) groups is 1. The Hall–Kier alpha value is -3.37. The van der Waals surface area contributed by atoms with Gasteiger partial charge in [-0.3, -0.25) is 4.79 Å². The third-order valence-corrected chi connectivity index (χ3v) is 6.77. The number of nitrogens with one attached hydrogen (secondary N) is 1. The molecule has 38 heavy (non-hydrogen) atoms. The molecule has 4 rings (SSSR count). The number of hydrogen-bond donors (Lipinski definition) is 2. The minimum absolute atomic E-state index is 0.0104. The number of aliphatic hydroxyl groups is 1. The lowest BCUT2D eigenvalue weighted by molar-refractivity contribution is -0.143. The van der Waals surface area contributed by atoms with Gasteiger partial charge in [-0.2, -0.15) is 13.2 Å². The van der Waals surface area contributed by atoms with Crippen LogP contribution in [0.3, 0.4) is 0 Å². The molecule has 1 aliphatic heterocycles. The molecular formula is C28H26BrF3N2O4. The molecule has 1 heterocycles. The van der Waals surface area contributed by atoms with Gasteiger partial charge >= 0.3 is 6.18 Å². The summed E-state index contributed by atoms with van der Waals surface area (Å²) in [6, 6.07) is 22.8. The molecule has 200 valence electrons. The van der Waals surface area contributed by atoms with Crippen molar-refractivity contribution in [2.75, 3.05) is 19.8 Å². The fraction of sp³-hybridized carbons (Fsp3) is 0.286. The molecule has 1 amide bonds. The molecular weight excluding hydrogens is 565 g/mol. The lowest BCUT2D eigenvalue weighted by atomic mass is 9.82. The van der Waals surface area contributed by atoms with E-state index in [0.29, 0.717) is 39.9 Å². The van der Waals surface area contributed by atoms with Crippen LogP contribution in [-0.4, -0.2) is 48.4 Å². The number of halogens is 4. The summed E-state index contributed by atoms with van der Waals surface area (Å²) in [4.78, 5) is 18.3. The summed E-state index contributed by atoms with van der Waals surface area (Å²) in [5.41, 5.74) is 0.113. The highest BCUT2D eigenvalue weighted by Crippen LogP contribution is 2.43. The Morgan fingerprint density at radius 2 is 1.74 bits per heavy atom. The largest absolute Gasteiger partial charge is 0.494 e. The average Bonchev–Trinajstić information content (AvgIpc) is 3.30. The fourth-order valence-corrected chi connectivity index (χ4v) is 4.60. The van der Waals surface area contributed by atoms with Gasteiger partial charge in [0, 0.05) is 29.5 Å². The zero-order valence-electron chi connectivity index (χ0n) is 20.2. The first-order chi connectivity index (χ1) is 18.2. The molecule has 0 aliphatic carbocycles. The number of hydrogen-bond acceptors (Lipinski definition) is 5. The molecule has 0 aromatic heterocycles. The number of nitrogens with zero attached hydrogens (tertiary/aromatic N) is 1. The first kappa shape index (κ1) is 27.7. The second-order valence-electron chi connectivity index (χ2n) is 8.77. The summed E-state index contributed by atoms with van der Waals surface area (Å²) in [5, 5.41) is 11.0. The summed E-state index contributed by atoms with van der Waals surface area (Å²) in [6.45, 7) is -1.13. The molecule has 0 saturated heterocycles. The topological polar surface area (TPSA) is 80.2 Å². The Morgan fingerprint density at radius 1 is 1.05 bits per heavy atom. The number of carbonyl (C=O) groups excluding carboxylic acids is 1. The van der Waals surface area contributed by atoms with Gasteiger partial charge in [-0.1, -0.05) is 64.5 Å². The van der Waals surface area contributed by atoms with Crippen molar-refractivity contribution in [3.63, 3.8) is 0 Å². The van der Waals surface area contributed by atoms with Crippen LogP contribution in [0.25, 0.3) is 0 Å². The highest BCUT2D eigenvalue weighted by atomic mass is 79.9. The van der Waals surface area contributed by atoms with Crippen molar-refractivity contribution in [3.05, 3.63) is 100 Å². The van der Waals surface area contributed by atoms with Gasteiger partial charge in [-0.15, -0.1) is 0 Å². The van der Waals surface area contributed by atoms with Crippen molar-refractivity contribution >= 4 is 27.7 Å². The van der Waals surface area contributed by atoms with Crippen LogP contribution in [-0.2, 0) is 16.0 Å². The number of rotatable bonds is 10. The van der Waals surface area contributed by atoms with Gasteiger partial charge in [-0.25, -0.2) is 4.99 Å². The van der Waals surface area contributed by atoms with Crippen LogP contribution in [0.4, 0.5) is 13.2 Å². The van der Waals surface area contributed by atoms with Crippen LogP contribution in [0, 0.1) is 0 Å². The molecule has 2 N–H and O–H groups in total. The van der Waals surface area contributed by atoms with Crippen LogP contribution in [0.15, 0.2) is 88.3 Å². The number of aliphatic hydroxyl groups excluding tert-OH is 1. The number of alkyl halides is 3. The molecule has 1 aliphatic rings.